The molecule has 106 valence electrons. The molecule has 20 heavy (non-hydrogen) atoms. The molecule has 0 fully saturated rings. The van der Waals surface area contributed by atoms with E-state index in [-0.39, 0.29) is 12.4 Å². The molecule has 1 heterocycles. The van der Waals surface area contributed by atoms with Gasteiger partial charge in [0.05, 0.1) is 18.7 Å². The fourth-order valence-electron chi connectivity index (χ4n) is 2.03. The third-order valence-electron chi connectivity index (χ3n) is 3.08. The topological polar surface area (TPSA) is 39.2 Å². The van der Waals surface area contributed by atoms with Crippen LogP contribution in [0.4, 0.5) is 0 Å². The molecule has 1 aromatic heterocycles. The van der Waals surface area contributed by atoms with E-state index < -0.39 is 0 Å². The highest BCUT2D eigenvalue weighted by molar-refractivity contribution is 7.12. The highest BCUT2D eigenvalue weighted by Crippen LogP contribution is 2.28. The van der Waals surface area contributed by atoms with Crippen LogP contribution in [0.15, 0.2) is 24.3 Å². The van der Waals surface area contributed by atoms with Gasteiger partial charge in [-0.1, -0.05) is 31.2 Å². The molecule has 0 unspecified atom stereocenters. The minimum atomic E-state index is -0.214. The molecule has 0 aliphatic rings. The number of carbonyl (C=O) groups excluding carboxylic acids is 1. The standard InChI is InChI=1S/C16H19NO2S/c1-4-12-6-8-13(9-7-12)16-11(3)20-14(17-16)10-15(18)19-5-2/h6-9H,4-5,10H2,1-3H3. The normalized spacial score (nSPS) is 10.6. The molecule has 0 N–H and O–H groups in total. The Labute approximate surface area is 123 Å². The number of aromatic nitrogens is 1. The van der Waals surface area contributed by atoms with Crippen molar-refractivity contribution in [1.29, 1.82) is 0 Å². The van der Waals surface area contributed by atoms with Crippen molar-refractivity contribution < 1.29 is 9.53 Å². The van der Waals surface area contributed by atoms with E-state index in [2.05, 4.69) is 36.2 Å². The number of benzene rings is 1. The summed E-state index contributed by atoms with van der Waals surface area (Å²) >= 11 is 1.56. The Morgan fingerprint density at radius 2 is 1.95 bits per heavy atom. The van der Waals surface area contributed by atoms with Crippen LogP contribution >= 0.6 is 11.3 Å². The lowest BCUT2D eigenvalue weighted by molar-refractivity contribution is -0.142. The predicted octanol–water partition coefficient (Wildman–Crippen LogP) is 3.79. The summed E-state index contributed by atoms with van der Waals surface area (Å²) in [5, 5.41) is 0.815. The van der Waals surface area contributed by atoms with E-state index in [1.54, 1.807) is 11.3 Å². The number of esters is 1. The molecule has 0 saturated carbocycles. The van der Waals surface area contributed by atoms with Crippen molar-refractivity contribution in [3.63, 3.8) is 0 Å². The smallest absolute Gasteiger partial charge is 0.312 e. The molecular weight excluding hydrogens is 270 g/mol. The second-order valence-corrected chi connectivity index (χ2v) is 5.83. The van der Waals surface area contributed by atoms with Gasteiger partial charge in [0, 0.05) is 10.4 Å². The second kappa shape index (κ2) is 6.66. The summed E-state index contributed by atoms with van der Waals surface area (Å²) in [5.41, 5.74) is 3.39. The third kappa shape index (κ3) is 3.45. The van der Waals surface area contributed by atoms with Gasteiger partial charge in [-0.2, -0.15) is 0 Å². The Morgan fingerprint density at radius 3 is 2.55 bits per heavy atom. The molecule has 2 rings (SSSR count). The molecule has 0 spiro atoms. The fraction of sp³-hybridized carbons (Fsp3) is 0.375. The average Bonchev–Trinajstić information content (AvgIpc) is 2.80. The van der Waals surface area contributed by atoms with E-state index in [1.165, 1.54) is 5.56 Å². The Bertz CT molecular complexity index is 587. The fourth-order valence-corrected chi connectivity index (χ4v) is 2.97. The number of thiazole rings is 1. The van der Waals surface area contributed by atoms with E-state index in [4.69, 9.17) is 4.74 Å². The number of carbonyl (C=O) groups is 1. The molecule has 0 saturated heterocycles. The summed E-state index contributed by atoms with van der Waals surface area (Å²) in [7, 11) is 0. The quantitative estimate of drug-likeness (QED) is 0.786. The number of hydrogen-bond donors (Lipinski definition) is 0. The molecule has 0 aliphatic carbocycles. The zero-order valence-electron chi connectivity index (χ0n) is 12.1. The molecular formula is C16H19NO2S. The number of nitrogens with zero attached hydrogens (tertiary/aromatic N) is 1. The van der Waals surface area contributed by atoms with Gasteiger partial charge in [-0.3, -0.25) is 4.79 Å². The summed E-state index contributed by atoms with van der Waals surface area (Å²) in [6, 6.07) is 8.43. The highest BCUT2D eigenvalue weighted by atomic mass is 32.1. The maximum atomic E-state index is 11.5. The van der Waals surface area contributed by atoms with E-state index >= 15 is 0 Å². The molecule has 0 radical (unpaired) electrons. The first-order chi connectivity index (χ1) is 9.63. The first-order valence-electron chi connectivity index (χ1n) is 6.85. The zero-order chi connectivity index (χ0) is 14.5. The van der Waals surface area contributed by atoms with Crippen LogP contribution in [-0.4, -0.2) is 17.6 Å². The third-order valence-corrected chi connectivity index (χ3v) is 4.05. The van der Waals surface area contributed by atoms with Crippen LogP contribution < -0.4 is 0 Å². The lowest BCUT2D eigenvalue weighted by atomic mass is 10.1. The molecule has 0 bridgehead atoms. The molecule has 0 amide bonds. The van der Waals surface area contributed by atoms with Crippen LogP contribution in [0, 0.1) is 6.92 Å². The van der Waals surface area contributed by atoms with E-state index in [1.807, 2.05) is 13.8 Å². The predicted molar refractivity (Wildman–Crippen MR) is 82.0 cm³/mol. The van der Waals surface area contributed by atoms with Gasteiger partial charge < -0.3 is 4.74 Å². The number of aryl methyl sites for hydroxylation is 2. The summed E-state index contributed by atoms with van der Waals surface area (Å²) in [4.78, 5) is 17.2. The lowest BCUT2D eigenvalue weighted by Gasteiger charge is -2.01. The van der Waals surface area contributed by atoms with Crippen LogP contribution in [0.5, 0.6) is 0 Å². The van der Waals surface area contributed by atoms with Crippen LogP contribution in [0.3, 0.4) is 0 Å². The first-order valence-corrected chi connectivity index (χ1v) is 7.67. The first kappa shape index (κ1) is 14.7. The van der Waals surface area contributed by atoms with Gasteiger partial charge in [-0.15, -0.1) is 11.3 Å². The largest absolute Gasteiger partial charge is 0.466 e. The minimum absolute atomic E-state index is 0.214. The van der Waals surface area contributed by atoms with E-state index in [0.29, 0.717) is 6.61 Å². The SMILES string of the molecule is CCOC(=O)Cc1nc(-c2ccc(CC)cc2)c(C)s1. The molecule has 3 nitrogen and oxygen atoms in total. The van der Waals surface area contributed by atoms with Gasteiger partial charge in [0.1, 0.15) is 5.01 Å². The van der Waals surface area contributed by atoms with Gasteiger partial charge in [0.25, 0.3) is 0 Å². The molecule has 0 atom stereocenters. The van der Waals surface area contributed by atoms with Gasteiger partial charge in [-0.25, -0.2) is 4.98 Å². The van der Waals surface area contributed by atoms with Gasteiger partial charge >= 0.3 is 5.97 Å². The van der Waals surface area contributed by atoms with Crippen LogP contribution in [-0.2, 0) is 22.4 Å². The Balaban J connectivity index is 2.19. The summed E-state index contributed by atoms with van der Waals surface area (Å²) in [6.45, 7) is 6.40. The summed E-state index contributed by atoms with van der Waals surface area (Å²) < 4.78 is 4.96. The Morgan fingerprint density at radius 1 is 1.25 bits per heavy atom. The second-order valence-electron chi connectivity index (χ2n) is 4.54. The number of ether oxygens (including phenoxy) is 1. The van der Waals surface area contributed by atoms with E-state index in [9.17, 15) is 4.79 Å². The average molecular weight is 289 g/mol. The van der Waals surface area contributed by atoms with Crippen LogP contribution in [0.25, 0.3) is 11.3 Å². The van der Waals surface area contributed by atoms with Crippen LogP contribution in [0.1, 0.15) is 29.3 Å². The van der Waals surface area contributed by atoms with Crippen molar-refractivity contribution in [2.45, 2.75) is 33.6 Å². The maximum Gasteiger partial charge on any atom is 0.312 e. The van der Waals surface area contributed by atoms with Gasteiger partial charge in [0.2, 0.25) is 0 Å². The van der Waals surface area contributed by atoms with Crippen molar-refractivity contribution in [2.24, 2.45) is 0 Å². The number of rotatable bonds is 5. The number of hydrogen-bond acceptors (Lipinski definition) is 4. The Hall–Kier alpha value is -1.68. The van der Waals surface area contributed by atoms with Gasteiger partial charge in [-0.05, 0) is 25.8 Å². The Kier molecular flexibility index (Phi) is 4.90. The molecule has 4 heteroatoms. The van der Waals surface area contributed by atoms with Crippen molar-refractivity contribution in [1.82, 2.24) is 4.98 Å². The molecule has 1 aromatic carbocycles. The van der Waals surface area contributed by atoms with Crippen molar-refractivity contribution in [3.8, 4) is 11.3 Å². The lowest BCUT2D eigenvalue weighted by Crippen LogP contribution is -2.07. The minimum Gasteiger partial charge on any atom is -0.466 e. The molecule has 2 aromatic rings. The summed E-state index contributed by atoms with van der Waals surface area (Å²) in [6.07, 6.45) is 1.29. The van der Waals surface area contributed by atoms with Crippen molar-refractivity contribution in [3.05, 3.63) is 39.7 Å². The van der Waals surface area contributed by atoms with Crippen LogP contribution in [0.2, 0.25) is 0 Å². The maximum absolute atomic E-state index is 11.5. The van der Waals surface area contributed by atoms with E-state index in [0.717, 1.165) is 27.6 Å². The zero-order valence-corrected chi connectivity index (χ0v) is 12.9. The van der Waals surface area contributed by atoms with Crippen molar-refractivity contribution >= 4 is 17.3 Å². The van der Waals surface area contributed by atoms with Crippen molar-refractivity contribution in [2.75, 3.05) is 6.61 Å². The monoisotopic (exact) mass is 289 g/mol. The van der Waals surface area contributed by atoms with Gasteiger partial charge in [0.15, 0.2) is 0 Å². The summed E-state index contributed by atoms with van der Waals surface area (Å²) in [5.74, 6) is -0.214. The highest BCUT2D eigenvalue weighted by Gasteiger charge is 2.13. The molecule has 0 aliphatic heterocycles.